The van der Waals surface area contributed by atoms with Crippen molar-refractivity contribution in [1.29, 1.82) is 0 Å². The highest BCUT2D eigenvalue weighted by Crippen LogP contribution is 2.59. The van der Waals surface area contributed by atoms with Gasteiger partial charge in [-0.3, -0.25) is 0 Å². The molecule has 0 amide bonds. The summed E-state index contributed by atoms with van der Waals surface area (Å²) in [6.45, 7) is 0. The highest BCUT2D eigenvalue weighted by molar-refractivity contribution is 9.93. The molecule has 10 heteroatoms. The van der Waals surface area contributed by atoms with E-state index in [0.29, 0.717) is 5.56 Å². The summed E-state index contributed by atoms with van der Waals surface area (Å²) in [4.78, 5) is 20.3. The zero-order valence-corrected chi connectivity index (χ0v) is 56.7. The van der Waals surface area contributed by atoms with Crippen LogP contribution in [0.1, 0.15) is 0 Å². The summed E-state index contributed by atoms with van der Waals surface area (Å²) in [7, 11) is 1.69. The van der Waals surface area contributed by atoms with Gasteiger partial charge in [0.15, 0.2) is 0 Å². The zero-order chi connectivity index (χ0) is 64.1. The summed E-state index contributed by atoms with van der Waals surface area (Å²) < 4.78 is 5.44. The van der Waals surface area contributed by atoms with Crippen LogP contribution in [-0.2, 0) is 0 Å². The third-order valence-corrected chi connectivity index (χ3v) is 18.1. The van der Waals surface area contributed by atoms with Crippen LogP contribution in [0.15, 0.2) is 303 Å². The molecule has 0 radical (unpaired) electrons. The zero-order valence-electron chi connectivity index (χ0n) is 51.1. The largest absolute Gasteiger partial charge is 0.507 e. The maximum absolute atomic E-state index is 10.4. The van der Waals surface area contributed by atoms with E-state index in [2.05, 4.69) is 283 Å². The highest BCUT2D eigenvalue weighted by Gasteiger charge is 2.16. The Balaban J connectivity index is 0.000000142. The Labute approximate surface area is 573 Å². The first-order chi connectivity index (χ1) is 46.7. The van der Waals surface area contributed by atoms with Crippen molar-refractivity contribution in [3.8, 4) is 78.8 Å². The average molecular weight is 1430 g/mol. The van der Waals surface area contributed by atoms with E-state index in [9.17, 15) is 5.11 Å². The number of hydrogen-bond acceptors (Lipinski definition) is 6. The molecule has 0 aliphatic carbocycles. The minimum Gasteiger partial charge on any atom is -0.507 e. The molecule has 0 saturated heterocycles. The number of phenols is 1. The average Bonchev–Trinajstić information content (AvgIpc) is 0.782. The molecular weight excluding hydrogens is 1380 g/mol. The molecule has 0 saturated carbocycles. The fraction of sp³-hybridized carbons (Fsp3) is 0.0118. The number of fused-ring (bicyclic) bond motifs is 18. The van der Waals surface area contributed by atoms with Gasteiger partial charge in [0.1, 0.15) is 15.5 Å². The van der Waals surface area contributed by atoms with Gasteiger partial charge in [-0.1, -0.05) is 243 Å². The van der Waals surface area contributed by atoms with Crippen LogP contribution >= 0.6 is 50.5 Å². The molecule has 0 unspecified atom stereocenters. The monoisotopic (exact) mass is 1430 g/mol. The summed E-state index contributed by atoms with van der Waals surface area (Å²) in [6.07, 6.45) is 0. The second-order valence-corrected chi connectivity index (χ2v) is 38.8. The number of nitrogens with zero attached hydrogens (tertiary/aromatic N) is 4. The number of halogens is 3. The maximum atomic E-state index is 10.4. The summed E-state index contributed by atoms with van der Waals surface area (Å²) in [6, 6.07) is 106. The van der Waals surface area contributed by atoms with Crippen LogP contribution in [0, 0.1) is 0 Å². The van der Waals surface area contributed by atoms with Gasteiger partial charge in [0, 0.05) is 43.8 Å². The Bertz CT molecular complexity index is 5970. The molecular formula is C85H54Br3N4O2P. The van der Waals surface area contributed by atoms with E-state index in [4.69, 9.17) is 24.7 Å². The van der Waals surface area contributed by atoms with Gasteiger partial charge < -0.3 is 9.84 Å². The predicted molar refractivity (Wildman–Crippen MR) is 414 cm³/mol. The lowest BCUT2D eigenvalue weighted by Crippen LogP contribution is -1.93. The van der Waals surface area contributed by atoms with Crippen LogP contribution in [0.2, 0.25) is 0 Å². The first kappa shape index (κ1) is 59.7. The number of aromatic hydroxyl groups is 1. The van der Waals surface area contributed by atoms with Gasteiger partial charge in [0.2, 0.25) is 0 Å². The number of benzene rings is 14. The Morgan fingerprint density at radius 1 is 0.263 bits per heavy atom. The smallest absolute Gasteiger partial charge is 0.128 e. The van der Waals surface area contributed by atoms with E-state index < -0.39 is 0 Å². The maximum Gasteiger partial charge on any atom is 0.128 e. The number of para-hydroxylation sites is 2. The molecule has 0 bridgehead atoms. The van der Waals surface area contributed by atoms with Gasteiger partial charge in [-0.15, -0.1) is 0 Å². The minimum atomic E-state index is -0.183. The lowest BCUT2D eigenvalue weighted by molar-refractivity contribution is 0.416. The molecule has 0 atom stereocenters. The molecule has 18 aromatic rings. The number of phenolic OH excluding ortho intramolecular Hbond substituents is 1. The van der Waals surface area contributed by atoms with E-state index in [0.717, 1.165) is 94.4 Å². The Hall–Kier alpha value is -10.3. The van der Waals surface area contributed by atoms with Gasteiger partial charge in [0.25, 0.3) is 0 Å². The second-order valence-electron chi connectivity index (χ2n) is 23.5. The molecule has 95 heavy (non-hydrogen) atoms. The van der Waals surface area contributed by atoms with E-state index >= 15 is 0 Å². The molecule has 14 aromatic carbocycles. The molecule has 0 spiro atoms. The SMILES string of the molecule is BrP(Br)Br.COc1ccccc1-c1ccc2ccc3ccc(-c4ccc(-c5ccc6c7ccccc7c7ccccc7c6c5)cc4)nc3c2n1.Oc1ccccc1-c1ccc2ccc3ccc(-c4ccc(-c5ccc6c7ccccc7c7ccccc7c6c5)cc4)nc3c2n1. The number of ether oxygens (including phenoxy) is 1. The lowest BCUT2D eigenvalue weighted by Gasteiger charge is -2.12. The van der Waals surface area contributed by atoms with Gasteiger partial charge in [-0.2, -0.15) is 0 Å². The molecule has 18 rings (SSSR count). The summed E-state index contributed by atoms with van der Waals surface area (Å²) in [5.74, 6) is 1.02. The fourth-order valence-electron chi connectivity index (χ4n) is 13.5. The van der Waals surface area contributed by atoms with E-state index in [1.165, 1.54) is 81.3 Å². The summed E-state index contributed by atoms with van der Waals surface area (Å²) in [5, 5.41) is 30.0. The van der Waals surface area contributed by atoms with Crippen molar-refractivity contribution < 1.29 is 9.84 Å². The van der Waals surface area contributed by atoms with Crippen molar-refractivity contribution in [3.05, 3.63) is 303 Å². The standard InChI is InChI=1S/C43H28N2O.C42H26N2O.Br3P/c1-46-41-13-7-6-12-37(41)40-25-22-30-19-18-29-21-24-39(44-42(29)43(30)45-40)28-16-14-27(15-17-28)31-20-23-36-34-10-3-2-8-32(34)33-9-4-5-11-35(33)38(36)26-31;45-40-12-6-5-11-36(40)39-24-21-29-18-17-28-20-23-38(43-41(28)42(29)44-39)27-15-13-26(14-16-27)30-19-22-35-33-9-2-1-7-31(33)32-8-3-4-10-34(32)37(35)25-30;1-4(2)3/h2-26H,1H3;1-25,45H;. The first-order valence-corrected chi connectivity index (χ1v) is 38.6. The summed E-state index contributed by atoms with van der Waals surface area (Å²) in [5.41, 5.74) is 15.4. The molecule has 6 nitrogen and oxygen atoms in total. The van der Waals surface area contributed by atoms with Crippen LogP contribution in [0.25, 0.3) is 176 Å². The molecule has 0 aliphatic heterocycles. The topological polar surface area (TPSA) is 81.0 Å². The molecule has 0 aliphatic rings. The van der Waals surface area contributed by atoms with Gasteiger partial charge >= 0.3 is 0 Å². The van der Waals surface area contributed by atoms with Crippen molar-refractivity contribution in [2.75, 3.05) is 7.11 Å². The van der Waals surface area contributed by atoms with Gasteiger partial charge in [0.05, 0.1) is 52.0 Å². The minimum absolute atomic E-state index is 0.183. The Morgan fingerprint density at radius 3 is 0.895 bits per heavy atom. The van der Waals surface area contributed by atoms with Crippen molar-refractivity contribution in [1.82, 2.24) is 19.9 Å². The van der Waals surface area contributed by atoms with Crippen LogP contribution in [-0.4, -0.2) is 32.2 Å². The second kappa shape index (κ2) is 25.6. The quantitative estimate of drug-likeness (QED) is 0.126. The molecule has 4 aromatic heterocycles. The van der Waals surface area contributed by atoms with Crippen molar-refractivity contribution >= 4 is 159 Å². The number of aromatic nitrogens is 4. The number of pyridine rings is 4. The normalized spacial score (nSPS) is 11.5. The van der Waals surface area contributed by atoms with Crippen LogP contribution in [0.3, 0.4) is 0 Å². The van der Waals surface area contributed by atoms with E-state index in [1.807, 2.05) is 60.7 Å². The van der Waals surface area contributed by atoms with Crippen molar-refractivity contribution in [2.24, 2.45) is 0 Å². The van der Waals surface area contributed by atoms with Gasteiger partial charge in [-0.25, -0.2) is 19.9 Å². The highest BCUT2D eigenvalue weighted by atomic mass is 80.0. The number of methoxy groups -OCH3 is 1. The molecule has 1 N–H and O–H groups in total. The summed E-state index contributed by atoms with van der Waals surface area (Å²) >= 11 is 9.51. The molecule has 452 valence electrons. The Morgan fingerprint density at radius 2 is 0.526 bits per heavy atom. The van der Waals surface area contributed by atoms with Crippen molar-refractivity contribution in [2.45, 2.75) is 0 Å². The molecule has 0 fully saturated rings. The van der Waals surface area contributed by atoms with Crippen LogP contribution in [0.5, 0.6) is 11.5 Å². The van der Waals surface area contributed by atoms with Crippen molar-refractivity contribution in [3.63, 3.8) is 0 Å². The Kier molecular flexibility index (Phi) is 16.1. The van der Waals surface area contributed by atoms with E-state index in [-0.39, 0.29) is 9.78 Å². The first-order valence-electron chi connectivity index (χ1n) is 31.2. The third-order valence-electron chi connectivity index (χ3n) is 18.1. The molecule has 4 heterocycles. The lowest BCUT2D eigenvalue weighted by atomic mass is 9.92. The fourth-order valence-corrected chi connectivity index (χ4v) is 13.5. The van der Waals surface area contributed by atoms with Gasteiger partial charge in [-0.05, 0) is 194 Å². The van der Waals surface area contributed by atoms with E-state index in [1.54, 1.807) is 13.2 Å². The van der Waals surface area contributed by atoms with Crippen LogP contribution < -0.4 is 4.74 Å². The number of rotatable bonds is 7. The number of hydrogen-bond donors (Lipinski definition) is 1. The van der Waals surface area contributed by atoms with Crippen LogP contribution in [0.4, 0.5) is 0 Å². The third kappa shape index (κ3) is 11.4. The predicted octanol–water partition coefficient (Wildman–Crippen LogP) is 25.6.